The van der Waals surface area contributed by atoms with E-state index in [2.05, 4.69) is 10.6 Å². The number of rotatable bonds is 5. The predicted octanol–water partition coefficient (Wildman–Crippen LogP) is -3.55. The fourth-order valence-corrected chi connectivity index (χ4v) is 2.58. The van der Waals surface area contributed by atoms with Gasteiger partial charge in [-0.15, -0.1) is 0 Å². The molecule has 0 amide bonds. The van der Waals surface area contributed by atoms with Gasteiger partial charge in [0.25, 0.3) is 0 Å². The minimum Gasteiger partial charge on any atom is -1.00 e. The Morgan fingerprint density at radius 2 is 2.00 bits per heavy atom. The summed E-state index contributed by atoms with van der Waals surface area (Å²) in [5, 5.41) is 7.65. The Morgan fingerprint density at radius 3 is 2.65 bits per heavy atom. The number of hydrogen-bond acceptors (Lipinski definition) is 3. The predicted molar refractivity (Wildman–Crippen MR) is 75.3 cm³/mol. The topological polar surface area (TPSA) is 33.3 Å². The first-order valence-electron chi connectivity index (χ1n) is 6.53. The van der Waals surface area contributed by atoms with Gasteiger partial charge in [0.05, 0.1) is 7.11 Å². The van der Waals surface area contributed by atoms with Crippen molar-refractivity contribution in [3.05, 3.63) is 28.8 Å². The molecule has 1 aliphatic rings. The molecule has 3 nitrogen and oxygen atoms in total. The van der Waals surface area contributed by atoms with Gasteiger partial charge in [0.1, 0.15) is 5.75 Å². The van der Waals surface area contributed by atoms with Gasteiger partial charge >= 0.3 is 0 Å². The summed E-state index contributed by atoms with van der Waals surface area (Å²) < 4.78 is 5.33. The third-order valence-corrected chi connectivity index (χ3v) is 3.68. The standard InChI is InChI=1S/C14H21ClN2O.2ClH/c1-18-14-3-2-13(15)8-12(14)10-17-9-11-4-6-16-7-5-11;;/h2-3,8,11,16-17H,4-7,9-10H2,1H3;2*1H/p-2. The van der Waals surface area contributed by atoms with Crippen molar-refractivity contribution >= 4 is 11.6 Å². The summed E-state index contributed by atoms with van der Waals surface area (Å²) in [6.45, 7) is 4.17. The van der Waals surface area contributed by atoms with E-state index in [4.69, 9.17) is 16.3 Å². The smallest absolute Gasteiger partial charge is 0.123 e. The second-order valence-electron chi connectivity index (χ2n) is 4.78. The average molecular weight is 340 g/mol. The summed E-state index contributed by atoms with van der Waals surface area (Å²) in [4.78, 5) is 0. The molecule has 0 unspecified atom stereocenters. The lowest BCUT2D eigenvalue weighted by Gasteiger charge is -2.23. The van der Waals surface area contributed by atoms with Crippen molar-refractivity contribution in [3.8, 4) is 5.75 Å². The molecule has 6 heteroatoms. The van der Waals surface area contributed by atoms with E-state index in [0.717, 1.165) is 48.4 Å². The maximum atomic E-state index is 6.01. The highest BCUT2D eigenvalue weighted by Crippen LogP contribution is 2.22. The van der Waals surface area contributed by atoms with Crippen LogP contribution in [0.1, 0.15) is 18.4 Å². The molecule has 116 valence electrons. The first kappa shape index (κ1) is 19.8. The molecule has 1 fully saturated rings. The molecular formula is C14H21Cl3N2O-2. The number of hydrogen-bond donors (Lipinski definition) is 2. The molecule has 0 atom stereocenters. The third kappa shape index (κ3) is 6.06. The van der Waals surface area contributed by atoms with Crippen LogP contribution in [-0.2, 0) is 6.54 Å². The van der Waals surface area contributed by atoms with Gasteiger partial charge in [0.2, 0.25) is 0 Å². The van der Waals surface area contributed by atoms with Crippen LogP contribution in [0.15, 0.2) is 18.2 Å². The SMILES string of the molecule is COc1ccc(Cl)cc1CNCC1CCNCC1.[Cl-].[Cl-]. The van der Waals surface area contributed by atoms with Gasteiger partial charge in [-0.1, -0.05) is 11.6 Å². The minimum absolute atomic E-state index is 0. The van der Waals surface area contributed by atoms with Crippen LogP contribution in [0.4, 0.5) is 0 Å². The second-order valence-corrected chi connectivity index (χ2v) is 5.22. The summed E-state index contributed by atoms with van der Waals surface area (Å²) in [7, 11) is 1.69. The van der Waals surface area contributed by atoms with Crippen LogP contribution in [-0.4, -0.2) is 26.7 Å². The Kier molecular flexibility index (Phi) is 10.4. The van der Waals surface area contributed by atoms with E-state index in [-0.39, 0.29) is 24.8 Å². The zero-order valence-corrected chi connectivity index (χ0v) is 13.9. The van der Waals surface area contributed by atoms with Crippen molar-refractivity contribution < 1.29 is 29.6 Å². The van der Waals surface area contributed by atoms with Gasteiger partial charge < -0.3 is 40.2 Å². The number of benzene rings is 1. The maximum absolute atomic E-state index is 6.01. The maximum Gasteiger partial charge on any atom is 0.123 e. The Hall–Kier alpha value is -0.190. The van der Waals surface area contributed by atoms with E-state index >= 15 is 0 Å². The molecule has 1 aromatic carbocycles. The Bertz CT molecular complexity index is 385. The van der Waals surface area contributed by atoms with Gasteiger partial charge in [-0.25, -0.2) is 0 Å². The van der Waals surface area contributed by atoms with E-state index in [1.54, 1.807) is 7.11 Å². The molecule has 0 aromatic heterocycles. The average Bonchev–Trinajstić information content (AvgIpc) is 2.40. The highest BCUT2D eigenvalue weighted by Gasteiger charge is 2.12. The van der Waals surface area contributed by atoms with Crippen molar-refractivity contribution in [3.63, 3.8) is 0 Å². The third-order valence-electron chi connectivity index (χ3n) is 3.45. The largest absolute Gasteiger partial charge is 1.00 e. The first-order valence-corrected chi connectivity index (χ1v) is 6.91. The fraction of sp³-hybridized carbons (Fsp3) is 0.571. The summed E-state index contributed by atoms with van der Waals surface area (Å²) in [6, 6.07) is 5.75. The number of ether oxygens (including phenoxy) is 1. The molecule has 0 spiro atoms. The number of piperidine rings is 1. The van der Waals surface area contributed by atoms with Crippen LogP contribution in [0.2, 0.25) is 5.02 Å². The van der Waals surface area contributed by atoms with Crippen molar-refractivity contribution in [1.29, 1.82) is 0 Å². The minimum atomic E-state index is 0. The zero-order valence-electron chi connectivity index (χ0n) is 11.6. The molecule has 0 bridgehead atoms. The zero-order chi connectivity index (χ0) is 12.8. The van der Waals surface area contributed by atoms with Crippen LogP contribution >= 0.6 is 11.6 Å². The lowest BCUT2D eigenvalue weighted by Crippen LogP contribution is -3.00. The Morgan fingerprint density at radius 1 is 1.30 bits per heavy atom. The number of halogens is 3. The van der Waals surface area contributed by atoms with Gasteiger partial charge in [-0.05, 0) is 56.6 Å². The van der Waals surface area contributed by atoms with Crippen molar-refractivity contribution in [1.82, 2.24) is 10.6 Å². The summed E-state index contributed by atoms with van der Waals surface area (Å²) in [5.74, 6) is 1.69. The molecule has 20 heavy (non-hydrogen) atoms. The molecule has 1 heterocycles. The number of methoxy groups -OCH3 is 1. The van der Waals surface area contributed by atoms with Crippen molar-refractivity contribution in [2.24, 2.45) is 5.92 Å². The van der Waals surface area contributed by atoms with Crippen LogP contribution in [0.3, 0.4) is 0 Å². The van der Waals surface area contributed by atoms with Crippen LogP contribution in [0.25, 0.3) is 0 Å². The van der Waals surface area contributed by atoms with E-state index in [1.165, 1.54) is 12.8 Å². The summed E-state index contributed by atoms with van der Waals surface area (Å²) in [6.07, 6.45) is 2.53. The van der Waals surface area contributed by atoms with E-state index in [1.807, 2.05) is 18.2 Å². The highest BCUT2D eigenvalue weighted by molar-refractivity contribution is 6.30. The normalized spacial score (nSPS) is 15.1. The van der Waals surface area contributed by atoms with Crippen molar-refractivity contribution in [2.45, 2.75) is 19.4 Å². The fourth-order valence-electron chi connectivity index (χ4n) is 2.38. The number of nitrogens with one attached hydrogen (secondary N) is 2. The quantitative estimate of drug-likeness (QED) is 0.583. The summed E-state index contributed by atoms with van der Waals surface area (Å²) in [5.41, 5.74) is 1.12. The molecule has 0 aliphatic carbocycles. The Balaban J connectivity index is 0.00000180. The van der Waals surface area contributed by atoms with Crippen molar-refractivity contribution in [2.75, 3.05) is 26.7 Å². The highest BCUT2D eigenvalue weighted by atomic mass is 35.5. The van der Waals surface area contributed by atoms with Crippen LogP contribution < -0.4 is 40.2 Å². The Labute approximate surface area is 138 Å². The van der Waals surface area contributed by atoms with E-state index < -0.39 is 0 Å². The molecule has 0 saturated carbocycles. The van der Waals surface area contributed by atoms with Gasteiger partial charge in [-0.2, -0.15) is 0 Å². The monoisotopic (exact) mass is 338 g/mol. The lowest BCUT2D eigenvalue weighted by molar-refractivity contribution is -0.00100. The molecule has 1 saturated heterocycles. The molecule has 1 aliphatic heterocycles. The van der Waals surface area contributed by atoms with Gasteiger partial charge in [-0.3, -0.25) is 0 Å². The van der Waals surface area contributed by atoms with Gasteiger partial charge in [0.15, 0.2) is 0 Å². The molecule has 2 N–H and O–H groups in total. The van der Waals surface area contributed by atoms with Crippen LogP contribution in [0, 0.1) is 5.92 Å². The second kappa shape index (κ2) is 10.5. The molecular weight excluding hydrogens is 319 g/mol. The first-order chi connectivity index (χ1) is 8.79. The van der Waals surface area contributed by atoms with Gasteiger partial charge in [0, 0.05) is 17.1 Å². The molecule has 2 rings (SSSR count). The van der Waals surface area contributed by atoms with E-state index in [9.17, 15) is 0 Å². The molecule has 0 radical (unpaired) electrons. The molecule has 1 aromatic rings. The van der Waals surface area contributed by atoms with E-state index in [0.29, 0.717) is 0 Å². The summed E-state index contributed by atoms with van der Waals surface area (Å²) >= 11 is 6.01. The lowest BCUT2D eigenvalue weighted by atomic mass is 9.98. The van der Waals surface area contributed by atoms with Crippen LogP contribution in [0.5, 0.6) is 5.75 Å².